The van der Waals surface area contributed by atoms with Crippen molar-refractivity contribution in [3.63, 3.8) is 0 Å². The lowest BCUT2D eigenvalue weighted by Gasteiger charge is -2.19. The largest absolute Gasteiger partial charge is 0.347 e. The van der Waals surface area contributed by atoms with Gasteiger partial charge in [0.15, 0.2) is 0 Å². The Kier molecular flexibility index (Phi) is 3.00. The van der Waals surface area contributed by atoms with Gasteiger partial charge in [0.1, 0.15) is 11.6 Å². The summed E-state index contributed by atoms with van der Waals surface area (Å²) < 4.78 is 13.6. The number of H-pyrrole nitrogens is 1. The van der Waals surface area contributed by atoms with Crippen LogP contribution in [0.15, 0.2) is 29.1 Å². The Labute approximate surface area is 108 Å². The zero-order valence-corrected chi connectivity index (χ0v) is 10.2. The van der Waals surface area contributed by atoms with Crippen LogP contribution in [0.25, 0.3) is 0 Å². The van der Waals surface area contributed by atoms with E-state index in [2.05, 4.69) is 20.6 Å². The van der Waals surface area contributed by atoms with Crippen LogP contribution in [0.4, 0.5) is 15.9 Å². The third-order valence-corrected chi connectivity index (χ3v) is 3.10. The quantitative estimate of drug-likeness (QED) is 0.761. The molecule has 19 heavy (non-hydrogen) atoms. The molecule has 0 fully saturated rings. The first kappa shape index (κ1) is 11.9. The molecule has 0 saturated heterocycles. The molecule has 1 aliphatic heterocycles. The van der Waals surface area contributed by atoms with Gasteiger partial charge in [-0.1, -0.05) is 12.1 Å². The van der Waals surface area contributed by atoms with E-state index in [-0.39, 0.29) is 5.82 Å². The minimum atomic E-state index is -0.417. The predicted octanol–water partition coefficient (Wildman–Crippen LogP) is 1.30. The van der Waals surface area contributed by atoms with Gasteiger partial charge >= 0.3 is 5.69 Å². The van der Waals surface area contributed by atoms with Crippen molar-refractivity contribution in [1.29, 1.82) is 0 Å². The number of fused-ring (bicyclic) bond motifs is 1. The highest BCUT2D eigenvalue weighted by atomic mass is 19.1. The summed E-state index contributed by atoms with van der Waals surface area (Å²) in [6.07, 6.45) is 0.735. The summed E-state index contributed by atoms with van der Waals surface area (Å²) >= 11 is 0. The average Bonchev–Trinajstić information content (AvgIpc) is 2.41. The Balaban J connectivity index is 2.03. The molecule has 6 heteroatoms. The monoisotopic (exact) mass is 260 g/mol. The summed E-state index contributed by atoms with van der Waals surface area (Å²) in [5, 5.41) is 6.10. The molecule has 0 spiro atoms. The minimum absolute atomic E-state index is 0.313. The van der Waals surface area contributed by atoms with Gasteiger partial charge in [0, 0.05) is 30.8 Å². The molecule has 2 aromatic rings. The maximum atomic E-state index is 13.6. The first-order valence-electron chi connectivity index (χ1n) is 6.08. The highest BCUT2D eigenvalue weighted by Crippen LogP contribution is 2.23. The van der Waals surface area contributed by atoms with Crippen LogP contribution >= 0.6 is 0 Å². The zero-order chi connectivity index (χ0) is 13.2. The summed E-state index contributed by atoms with van der Waals surface area (Å²) in [6, 6.07) is 6.31. The maximum absolute atomic E-state index is 13.6. The summed E-state index contributed by atoms with van der Waals surface area (Å²) in [6.45, 7) is 1.42. The fraction of sp³-hybridized carbons (Fsp3) is 0.231. The van der Waals surface area contributed by atoms with Gasteiger partial charge in [0.2, 0.25) is 0 Å². The second kappa shape index (κ2) is 4.81. The molecule has 98 valence electrons. The molecular formula is C13H13FN4O. The highest BCUT2D eigenvalue weighted by molar-refractivity contribution is 5.60. The number of nitrogens with zero attached hydrogens (tertiary/aromatic N) is 1. The second-order valence-corrected chi connectivity index (χ2v) is 4.38. The van der Waals surface area contributed by atoms with E-state index < -0.39 is 5.69 Å². The van der Waals surface area contributed by atoms with Crippen molar-refractivity contribution in [2.24, 2.45) is 0 Å². The lowest BCUT2D eigenvalue weighted by molar-refractivity contribution is 0.622. The Morgan fingerprint density at radius 2 is 2.16 bits per heavy atom. The van der Waals surface area contributed by atoms with E-state index >= 15 is 0 Å². The number of hydrogen-bond donors (Lipinski definition) is 3. The maximum Gasteiger partial charge on any atom is 0.347 e. The van der Waals surface area contributed by atoms with Crippen molar-refractivity contribution in [3.8, 4) is 0 Å². The van der Waals surface area contributed by atoms with Crippen LogP contribution in [0.2, 0.25) is 0 Å². The molecule has 0 unspecified atom stereocenters. The van der Waals surface area contributed by atoms with Crippen molar-refractivity contribution < 1.29 is 4.39 Å². The van der Waals surface area contributed by atoms with E-state index in [4.69, 9.17) is 0 Å². The van der Waals surface area contributed by atoms with E-state index in [1.807, 2.05) is 0 Å². The molecule has 5 nitrogen and oxygen atoms in total. The molecule has 0 aliphatic carbocycles. The van der Waals surface area contributed by atoms with Crippen LogP contribution in [-0.4, -0.2) is 16.5 Å². The summed E-state index contributed by atoms with van der Waals surface area (Å²) in [4.78, 5) is 18.1. The molecule has 0 atom stereocenters. The van der Waals surface area contributed by atoms with Gasteiger partial charge < -0.3 is 15.6 Å². The number of hydrogen-bond acceptors (Lipinski definition) is 4. The summed E-state index contributed by atoms with van der Waals surface area (Å²) in [5.41, 5.74) is 1.64. The number of para-hydroxylation sites is 1. The third kappa shape index (κ3) is 2.34. The molecule has 3 rings (SSSR count). The summed E-state index contributed by atoms with van der Waals surface area (Å²) in [7, 11) is 0. The first-order valence-corrected chi connectivity index (χ1v) is 6.08. The van der Waals surface area contributed by atoms with Crippen molar-refractivity contribution in [2.45, 2.75) is 13.0 Å². The molecule has 0 radical (unpaired) electrons. The Hall–Kier alpha value is -2.21. The summed E-state index contributed by atoms with van der Waals surface area (Å²) in [5.74, 6) is 0.0400. The molecule has 0 saturated carbocycles. The van der Waals surface area contributed by atoms with Crippen LogP contribution in [0.3, 0.4) is 0 Å². The molecule has 0 bridgehead atoms. The van der Waals surface area contributed by atoms with Crippen molar-refractivity contribution >= 4 is 11.5 Å². The molecule has 2 heterocycles. The normalized spacial score (nSPS) is 13.9. The molecule has 3 N–H and O–H groups in total. The number of aromatic nitrogens is 2. The molecule has 0 amide bonds. The van der Waals surface area contributed by atoms with Gasteiger partial charge in [0.05, 0.1) is 5.69 Å². The third-order valence-electron chi connectivity index (χ3n) is 3.10. The van der Waals surface area contributed by atoms with Crippen LogP contribution in [0.5, 0.6) is 0 Å². The number of benzene rings is 1. The van der Waals surface area contributed by atoms with Gasteiger partial charge in [0.25, 0.3) is 0 Å². The lowest BCUT2D eigenvalue weighted by atomic mass is 10.1. The second-order valence-electron chi connectivity index (χ2n) is 4.38. The highest BCUT2D eigenvalue weighted by Gasteiger charge is 2.16. The fourth-order valence-corrected chi connectivity index (χ4v) is 2.17. The first-order chi connectivity index (χ1) is 9.24. The van der Waals surface area contributed by atoms with Gasteiger partial charge in [-0.2, -0.15) is 4.98 Å². The van der Waals surface area contributed by atoms with E-state index in [9.17, 15) is 9.18 Å². The van der Waals surface area contributed by atoms with E-state index in [0.29, 0.717) is 18.1 Å². The number of anilines is 2. The average molecular weight is 260 g/mol. The van der Waals surface area contributed by atoms with Gasteiger partial charge in [-0.15, -0.1) is 0 Å². The van der Waals surface area contributed by atoms with E-state index in [1.165, 1.54) is 6.07 Å². The number of nitrogens with one attached hydrogen (secondary N) is 3. The number of rotatable bonds is 2. The number of halogens is 1. The van der Waals surface area contributed by atoms with Crippen LogP contribution in [0, 0.1) is 5.82 Å². The van der Waals surface area contributed by atoms with Crippen molar-refractivity contribution in [2.75, 3.05) is 11.9 Å². The van der Waals surface area contributed by atoms with Gasteiger partial charge in [-0.05, 0) is 12.1 Å². The topological polar surface area (TPSA) is 69.8 Å². The van der Waals surface area contributed by atoms with Crippen LogP contribution < -0.4 is 16.3 Å². The predicted molar refractivity (Wildman–Crippen MR) is 70.0 cm³/mol. The van der Waals surface area contributed by atoms with E-state index in [1.54, 1.807) is 18.2 Å². The molecule has 1 aromatic carbocycles. The van der Waals surface area contributed by atoms with Crippen LogP contribution in [-0.2, 0) is 13.0 Å². The molecule has 1 aliphatic rings. The zero-order valence-electron chi connectivity index (χ0n) is 10.2. The van der Waals surface area contributed by atoms with Crippen molar-refractivity contribution in [1.82, 2.24) is 15.3 Å². The van der Waals surface area contributed by atoms with Crippen molar-refractivity contribution in [3.05, 3.63) is 51.8 Å². The number of aromatic amines is 1. The fourth-order valence-electron chi connectivity index (χ4n) is 2.17. The van der Waals surface area contributed by atoms with Gasteiger partial charge in [-0.3, -0.25) is 0 Å². The van der Waals surface area contributed by atoms with Crippen LogP contribution in [0.1, 0.15) is 11.3 Å². The molecule has 1 aromatic heterocycles. The van der Waals surface area contributed by atoms with Gasteiger partial charge in [-0.25, -0.2) is 9.18 Å². The molecular weight excluding hydrogens is 247 g/mol. The van der Waals surface area contributed by atoms with E-state index in [0.717, 1.165) is 24.2 Å². The SMILES string of the molecule is O=c1nc(Nc2ccccc2F)c2c([nH]1)CCNC2. The standard InChI is InChI=1S/C13H13FN4O/c14-9-3-1-2-4-11(9)16-12-8-7-15-6-5-10(8)17-13(19)18-12/h1-4,15H,5-7H2,(H2,16,17,18,19). The Bertz CT molecular complexity index is 668. The smallest absolute Gasteiger partial charge is 0.337 e. The minimum Gasteiger partial charge on any atom is -0.337 e. The Morgan fingerprint density at radius 3 is 3.00 bits per heavy atom. The lowest BCUT2D eigenvalue weighted by Crippen LogP contribution is -2.29. The Morgan fingerprint density at radius 1 is 1.32 bits per heavy atom.